The summed E-state index contributed by atoms with van der Waals surface area (Å²) in [5.41, 5.74) is 1.91. The van der Waals surface area contributed by atoms with Crippen LogP contribution in [0.4, 0.5) is 0 Å². The number of hydrazone groups is 1. The van der Waals surface area contributed by atoms with Crippen molar-refractivity contribution in [3.8, 4) is 12.8 Å². The van der Waals surface area contributed by atoms with Gasteiger partial charge in [0.15, 0.2) is 0 Å². The first kappa shape index (κ1) is 26.6. The molecule has 34 heavy (non-hydrogen) atoms. The van der Waals surface area contributed by atoms with E-state index in [1.807, 2.05) is 50.5 Å². The average molecular weight is 457 g/mol. The summed E-state index contributed by atoms with van der Waals surface area (Å²) in [4.78, 5) is 17.5. The van der Waals surface area contributed by atoms with E-state index in [0.29, 0.717) is 6.04 Å². The van der Waals surface area contributed by atoms with E-state index in [-0.39, 0.29) is 5.91 Å². The molecule has 2 aromatic carbocycles. The SMILES string of the molecule is C#C.C=C/C=N\N(C)C(=C/C)/N=C\CCc1cc(C(=O)NC2CCCCC2)cc2ccccc12. The third kappa shape index (κ3) is 7.74. The Morgan fingerprint density at radius 2 is 1.94 bits per heavy atom. The number of carbonyl (C=O) groups is 1. The summed E-state index contributed by atoms with van der Waals surface area (Å²) in [6.45, 7) is 5.58. The second kappa shape index (κ2) is 14.5. The summed E-state index contributed by atoms with van der Waals surface area (Å²) in [6.07, 6.45) is 22.5. The van der Waals surface area contributed by atoms with Gasteiger partial charge in [0, 0.05) is 31.1 Å². The molecule has 5 heteroatoms. The van der Waals surface area contributed by atoms with E-state index < -0.39 is 0 Å². The van der Waals surface area contributed by atoms with E-state index in [1.54, 1.807) is 17.3 Å². The number of fused-ring (bicyclic) bond motifs is 1. The van der Waals surface area contributed by atoms with Gasteiger partial charge in [0.05, 0.1) is 0 Å². The highest BCUT2D eigenvalue weighted by molar-refractivity contribution is 6.00. The largest absolute Gasteiger partial charge is 0.349 e. The molecule has 5 nitrogen and oxygen atoms in total. The monoisotopic (exact) mass is 456 g/mol. The van der Waals surface area contributed by atoms with E-state index >= 15 is 0 Å². The molecule has 0 saturated heterocycles. The van der Waals surface area contributed by atoms with Gasteiger partial charge in [-0.25, -0.2) is 4.99 Å². The summed E-state index contributed by atoms with van der Waals surface area (Å²) >= 11 is 0. The molecule has 0 aromatic heterocycles. The van der Waals surface area contributed by atoms with Crippen LogP contribution < -0.4 is 5.32 Å². The fourth-order valence-electron chi connectivity index (χ4n) is 4.17. The Kier molecular flexibility index (Phi) is 11.3. The quantitative estimate of drug-likeness (QED) is 0.281. The molecule has 1 amide bonds. The lowest BCUT2D eigenvalue weighted by Crippen LogP contribution is -2.36. The standard InChI is InChI=1S/C27H34N4O.C2H2/c1-4-17-29-31(3)26(5-2)28-18-11-13-22-20-23(19-21-12-9-10-16-25(21)22)27(32)30-24-14-7-6-8-15-24;1-2/h4-5,9-10,12,16-20,24H,1,6-8,11,13-15H2,2-3H3,(H,30,32);1-2H/b26-5+,28-18-,29-17-;. The van der Waals surface area contributed by atoms with Crippen molar-refractivity contribution in [3.63, 3.8) is 0 Å². The van der Waals surface area contributed by atoms with Gasteiger partial charge in [-0.2, -0.15) is 5.10 Å². The molecule has 1 N–H and O–H groups in total. The predicted octanol–water partition coefficient (Wildman–Crippen LogP) is 6.12. The number of aliphatic imine (C=N–C) groups is 1. The Morgan fingerprint density at radius 1 is 1.21 bits per heavy atom. The number of hydrogen-bond acceptors (Lipinski definition) is 4. The van der Waals surface area contributed by atoms with E-state index in [0.717, 1.165) is 42.5 Å². The Morgan fingerprint density at radius 3 is 2.65 bits per heavy atom. The molecule has 1 fully saturated rings. The van der Waals surface area contributed by atoms with Crippen LogP contribution in [0.1, 0.15) is 61.4 Å². The lowest BCUT2D eigenvalue weighted by molar-refractivity contribution is 0.0928. The van der Waals surface area contributed by atoms with Crippen LogP contribution >= 0.6 is 0 Å². The molecular formula is C29H36N4O. The van der Waals surface area contributed by atoms with E-state index in [4.69, 9.17) is 0 Å². The molecule has 0 unspecified atom stereocenters. The number of aryl methyl sites for hydroxylation is 1. The zero-order valence-corrected chi connectivity index (χ0v) is 20.4. The highest BCUT2D eigenvalue weighted by Crippen LogP contribution is 2.23. The van der Waals surface area contributed by atoms with Crippen molar-refractivity contribution >= 4 is 29.1 Å². The van der Waals surface area contributed by atoms with Crippen molar-refractivity contribution in [1.29, 1.82) is 0 Å². The topological polar surface area (TPSA) is 57.1 Å². The van der Waals surface area contributed by atoms with Crippen molar-refractivity contribution in [1.82, 2.24) is 10.3 Å². The molecule has 0 radical (unpaired) electrons. The lowest BCUT2D eigenvalue weighted by Gasteiger charge is -2.23. The van der Waals surface area contributed by atoms with E-state index in [1.165, 1.54) is 30.2 Å². The molecule has 0 bridgehead atoms. The maximum atomic E-state index is 13.0. The fraction of sp³-hybridized carbons (Fsp3) is 0.345. The molecule has 1 saturated carbocycles. The van der Waals surface area contributed by atoms with Crippen LogP contribution in [-0.2, 0) is 6.42 Å². The van der Waals surface area contributed by atoms with Gasteiger partial charge in [0.25, 0.3) is 5.91 Å². The minimum absolute atomic E-state index is 0.0375. The van der Waals surface area contributed by atoms with E-state index in [2.05, 4.69) is 47.0 Å². The Bertz CT molecular complexity index is 1060. The van der Waals surface area contributed by atoms with Gasteiger partial charge in [-0.3, -0.25) is 9.80 Å². The molecule has 3 rings (SSSR count). The van der Waals surface area contributed by atoms with Crippen LogP contribution in [0.3, 0.4) is 0 Å². The summed E-state index contributed by atoms with van der Waals surface area (Å²) < 4.78 is 0. The smallest absolute Gasteiger partial charge is 0.251 e. The van der Waals surface area contributed by atoms with Crippen LogP contribution in [0.25, 0.3) is 10.8 Å². The minimum atomic E-state index is 0.0375. The van der Waals surface area contributed by atoms with Crippen LogP contribution in [0, 0.1) is 12.8 Å². The number of carbonyl (C=O) groups excluding carboxylic acids is 1. The van der Waals surface area contributed by atoms with Gasteiger partial charge in [0.2, 0.25) is 0 Å². The van der Waals surface area contributed by atoms with Crippen molar-refractivity contribution in [2.75, 3.05) is 7.05 Å². The van der Waals surface area contributed by atoms with Gasteiger partial charge in [-0.1, -0.05) is 50.1 Å². The van der Waals surface area contributed by atoms with Gasteiger partial charge in [-0.15, -0.1) is 12.8 Å². The first-order valence-electron chi connectivity index (χ1n) is 11.9. The number of rotatable bonds is 9. The number of terminal acetylenes is 1. The van der Waals surface area contributed by atoms with Crippen molar-refractivity contribution in [3.05, 3.63) is 72.1 Å². The molecule has 0 atom stereocenters. The van der Waals surface area contributed by atoms with Crippen molar-refractivity contribution in [2.45, 2.75) is 57.9 Å². The van der Waals surface area contributed by atoms with Gasteiger partial charge in [-0.05, 0) is 73.2 Å². The maximum Gasteiger partial charge on any atom is 0.251 e. The second-order valence-corrected chi connectivity index (χ2v) is 8.19. The summed E-state index contributed by atoms with van der Waals surface area (Å²) in [5.74, 6) is 0.809. The summed E-state index contributed by atoms with van der Waals surface area (Å²) in [7, 11) is 1.86. The molecule has 0 aliphatic heterocycles. The fourth-order valence-corrected chi connectivity index (χ4v) is 4.17. The number of allylic oxidation sites excluding steroid dienone is 2. The van der Waals surface area contributed by atoms with Gasteiger partial charge >= 0.3 is 0 Å². The van der Waals surface area contributed by atoms with E-state index in [9.17, 15) is 4.79 Å². The third-order valence-electron chi connectivity index (χ3n) is 5.85. The number of nitrogens with one attached hydrogen (secondary N) is 1. The van der Waals surface area contributed by atoms with Crippen LogP contribution in [0.2, 0.25) is 0 Å². The van der Waals surface area contributed by atoms with Crippen molar-refractivity contribution in [2.24, 2.45) is 10.1 Å². The Balaban J connectivity index is 0.00000199. The number of benzene rings is 2. The second-order valence-electron chi connectivity index (χ2n) is 8.19. The normalized spacial score (nSPS) is 14.6. The lowest BCUT2D eigenvalue weighted by atomic mass is 9.94. The molecular weight excluding hydrogens is 420 g/mol. The minimum Gasteiger partial charge on any atom is -0.349 e. The molecule has 0 heterocycles. The van der Waals surface area contributed by atoms with Crippen molar-refractivity contribution < 1.29 is 4.79 Å². The molecule has 1 aliphatic rings. The van der Waals surface area contributed by atoms with Gasteiger partial charge in [0.1, 0.15) is 5.82 Å². The Labute approximate surface area is 204 Å². The zero-order chi connectivity index (χ0) is 24.8. The highest BCUT2D eigenvalue weighted by atomic mass is 16.1. The Hall–Kier alpha value is -3.65. The van der Waals surface area contributed by atoms with Crippen LogP contribution in [-0.4, -0.2) is 36.4 Å². The average Bonchev–Trinajstić information content (AvgIpc) is 2.88. The van der Waals surface area contributed by atoms with Crippen LogP contribution in [0.15, 0.2) is 71.0 Å². The maximum absolute atomic E-state index is 13.0. The molecule has 1 aliphatic carbocycles. The number of amides is 1. The molecule has 0 spiro atoms. The number of hydrogen-bond donors (Lipinski definition) is 1. The predicted molar refractivity (Wildman–Crippen MR) is 145 cm³/mol. The van der Waals surface area contributed by atoms with Crippen LogP contribution in [0.5, 0.6) is 0 Å². The first-order chi connectivity index (χ1) is 16.6. The summed E-state index contributed by atoms with van der Waals surface area (Å²) in [6, 6.07) is 12.6. The highest BCUT2D eigenvalue weighted by Gasteiger charge is 2.17. The first-order valence-corrected chi connectivity index (χ1v) is 11.9. The molecule has 178 valence electrons. The zero-order valence-electron chi connectivity index (χ0n) is 20.4. The third-order valence-corrected chi connectivity index (χ3v) is 5.85. The molecule has 2 aromatic rings. The number of nitrogens with zero attached hydrogens (tertiary/aromatic N) is 3. The van der Waals surface area contributed by atoms with Gasteiger partial charge < -0.3 is 5.32 Å². The summed E-state index contributed by atoms with van der Waals surface area (Å²) in [5, 5.41) is 11.5.